The molecule has 1 atom stereocenters. The summed E-state index contributed by atoms with van der Waals surface area (Å²) in [7, 11) is 3.22. The molecule has 0 amide bonds. The van der Waals surface area contributed by atoms with E-state index in [9.17, 15) is 9.59 Å². The summed E-state index contributed by atoms with van der Waals surface area (Å²) >= 11 is 0. The maximum atomic E-state index is 13.8. The summed E-state index contributed by atoms with van der Waals surface area (Å²) in [5.74, 6) is 0.500. The Bertz CT molecular complexity index is 1170. The number of ether oxygens (including phenoxy) is 2. The Morgan fingerprint density at radius 3 is 1.97 bits per heavy atom. The number of carbonyl (C=O) groups is 2. The topological polar surface area (TPSA) is 52.6 Å². The molecule has 0 heterocycles. The minimum absolute atomic E-state index is 0.375. The van der Waals surface area contributed by atoms with Crippen LogP contribution in [0.25, 0.3) is 5.57 Å². The second-order valence-corrected chi connectivity index (χ2v) is 7.68. The zero-order chi connectivity index (χ0) is 22.6. The molecule has 1 aliphatic rings. The second kappa shape index (κ2) is 9.06. The van der Waals surface area contributed by atoms with Crippen molar-refractivity contribution >= 4 is 17.1 Å². The molecule has 32 heavy (non-hydrogen) atoms. The van der Waals surface area contributed by atoms with Gasteiger partial charge in [0.05, 0.1) is 19.6 Å². The average Bonchev–Trinajstić information content (AvgIpc) is 2.88. The van der Waals surface area contributed by atoms with Crippen LogP contribution in [0.3, 0.4) is 0 Å². The van der Waals surface area contributed by atoms with Crippen LogP contribution >= 0.6 is 0 Å². The van der Waals surface area contributed by atoms with Crippen LogP contribution in [0.15, 0.2) is 97.1 Å². The van der Waals surface area contributed by atoms with Crippen molar-refractivity contribution in [3.8, 4) is 11.5 Å². The first kappa shape index (κ1) is 21.3. The molecule has 0 N–H and O–H groups in total. The SMILES string of the molecule is COc1ccc(C2=CC=CC(C(=O)C(=O)c3ccccc3)(c3ccc(OC)cc3)C2)cc1. The number of hydrogen-bond donors (Lipinski definition) is 0. The first-order valence-corrected chi connectivity index (χ1v) is 10.4. The third-order valence-electron chi connectivity index (χ3n) is 5.86. The summed E-state index contributed by atoms with van der Waals surface area (Å²) in [6.07, 6.45) is 6.07. The molecular weight excluding hydrogens is 400 g/mol. The maximum absolute atomic E-state index is 13.8. The normalized spacial score (nSPS) is 17.4. The van der Waals surface area contributed by atoms with Gasteiger partial charge in [-0.3, -0.25) is 9.59 Å². The molecule has 4 nitrogen and oxygen atoms in total. The van der Waals surface area contributed by atoms with Gasteiger partial charge < -0.3 is 9.47 Å². The minimum atomic E-state index is -1.11. The van der Waals surface area contributed by atoms with E-state index in [4.69, 9.17) is 9.47 Å². The Kier molecular flexibility index (Phi) is 6.04. The number of allylic oxidation sites excluding steroid dienone is 4. The van der Waals surface area contributed by atoms with E-state index in [2.05, 4.69) is 0 Å². The van der Waals surface area contributed by atoms with Crippen LogP contribution in [0.1, 0.15) is 27.9 Å². The molecule has 0 aromatic heterocycles. The van der Waals surface area contributed by atoms with E-state index < -0.39 is 17.0 Å². The lowest BCUT2D eigenvalue weighted by atomic mass is 9.67. The minimum Gasteiger partial charge on any atom is -0.497 e. The van der Waals surface area contributed by atoms with Gasteiger partial charge in [-0.1, -0.05) is 72.8 Å². The highest BCUT2D eigenvalue weighted by molar-refractivity contribution is 6.47. The standard InChI is InChI=1S/C28H24O4/c1-31-24-14-10-20(11-15-24)22-9-6-18-28(19-22,23-12-16-25(32-2)17-13-23)27(30)26(29)21-7-4-3-5-8-21/h3-18H,19H2,1-2H3. The van der Waals surface area contributed by atoms with Crippen LogP contribution in [0, 0.1) is 0 Å². The zero-order valence-corrected chi connectivity index (χ0v) is 18.1. The second-order valence-electron chi connectivity index (χ2n) is 7.68. The van der Waals surface area contributed by atoms with E-state index in [-0.39, 0.29) is 0 Å². The van der Waals surface area contributed by atoms with E-state index in [1.165, 1.54) is 0 Å². The van der Waals surface area contributed by atoms with Gasteiger partial charge in [0.1, 0.15) is 11.5 Å². The molecule has 0 saturated heterocycles. The lowest BCUT2D eigenvalue weighted by Crippen LogP contribution is -2.40. The Morgan fingerprint density at radius 1 is 0.781 bits per heavy atom. The van der Waals surface area contributed by atoms with Gasteiger partial charge in [-0.15, -0.1) is 0 Å². The van der Waals surface area contributed by atoms with Gasteiger partial charge in [-0.25, -0.2) is 0 Å². The smallest absolute Gasteiger partial charge is 0.229 e. The van der Waals surface area contributed by atoms with E-state index >= 15 is 0 Å². The van der Waals surface area contributed by atoms with Crippen molar-refractivity contribution in [2.75, 3.05) is 14.2 Å². The predicted octanol–water partition coefficient (Wildman–Crippen LogP) is 5.44. The van der Waals surface area contributed by atoms with Gasteiger partial charge in [-0.2, -0.15) is 0 Å². The van der Waals surface area contributed by atoms with Crippen molar-refractivity contribution in [2.45, 2.75) is 11.8 Å². The number of ketones is 2. The van der Waals surface area contributed by atoms with Crippen molar-refractivity contribution in [1.82, 2.24) is 0 Å². The van der Waals surface area contributed by atoms with Crippen molar-refractivity contribution < 1.29 is 19.1 Å². The predicted molar refractivity (Wildman–Crippen MR) is 125 cm³/mol. The van der Waals surface area contributed by atoms with Crippen LogP contribution in [0.4, 0.5) is 0 Å². The summed E-state index contributed by atoms with van der Waals surface area (Å²) in [5.41, 5.74) is 1.99. The average molecular weight is 424 g/mol. The molecule has 0 saturated carbocycles. The van der Waals surface area contributed by atoms with Gasteiger partial charge in [-0.05, 0) is 47.4 Å². The molecule has 160 valence electrons. The number of hydrogen-bond acceptors (Lipinski definition) is 4. The fourth-order valence-corrected chi connectivity index (χ4v) is 4.05. The third-order valence-corrected chi connectivity index (χ3v) is 5.86. The van der Waals surface area contributed by atoms with Crippen LogP contribution in [0.2, 0.25) is 0 Å². The summed E-state index contributed by atoms with van der Waals surface area (Å²) < 4.78 is 10.5. The van der Waals surface area contributed by atoms with Crippen molar-refractivity contribution in [3.05, 3.63) is 114 Å². The molecular formula is C28H24O4. The Morgan fingerprint density at radius 2 is 1.38 bits per heavy atom. The van der Waals surface area contributed by atoms with Crippen molar-refractivity contribution in [2.24, 2.45) is 0 Å². The van der Waals surface area contributed by atoms with E-state index in [0.717, 1.165) is 22.4 Å². The van der Waals surface area contributed by atoms with Gasteiger partial charge in [0, 0.05) is 5.56 Å². The zero-order valence-electron chi connectivity index (χ0n) is 18.1. The summed E-state index contributed by atoms with van der Waals surface area (Å²) in [6, 6.07) is 23.8. The van der Waals surface area contributed by atoms with E-state index in [0.29, 0.717) is 17.7 Å². The summed E-state index contributed by atoms with van der Waals surface area (Å²) in [5, 5.41) is 0. The quantitative estimate of drug-likeness (QED) is 0.375. The highest BCUT2D eigenvalue weighted by Crippen LogP contribution is 2.41. The molecule has 1 unspecified atom stereocenters. The lowest BCUT2D eigenvalue weighted by molar-refractivity contribution is -0.118. The van der Waals surface area contributed by atoms with Crippen LogP contribution in [-0.2, 0) is 10.2 Å². The molecule has 4 heteroatoms. The third kappa shape index (κ3) is 4.00. The fourth-order valence-electron chi connectivity index (χ4n) is 4.05. The van der Waals surface area contributed by atoms with Crippen LogP contribution < -0.4 is 9.47 Å². The first-order valence-electron chi connectivity index (χ1n) is 10.4. The molecule has 0 bridgehead atoms. The molecule has 0 radical (unpaired) electrons. The summed E-state index contributed by atoms with van der Waals surface area (Å²) in [4.78, 5) is 27.0. The monoisotopic (exact) mass is 424 g/mol. The number of carbonyl (C=O) groups excluding carboxylic acids is 2. The van der Waals surface area contributed by atoms with Crippen LogP contribution in [0.5, 0.6) is 11.5 Å². The molecule has 0 fully saturated rings. The van der Waals surface area contributed by atoms with Gasteiger partial charge in [0.2, 0.25) is 11.6 Å². The van der Waals surface area contributed by atoms with Gasteiger partial charge in [0.25, 0.3) is 0 Å². The summed E-state index contributed by atoms with van der Waals surface area (Å²) in [6.45, 7) is 0. The molecule has 0 aliphatic heterocycles. The molecule has 3 aromatic rings. The largest absolute Gasteiger partial charge is 0.497 e. The highest BCUT2D eigenvalue weighted by Gasteiger charge is 2.43. The number of rotatable bonds is 7. The van der Waals surface area contributed by atoms with Gasteiger partial charge >= 0.3 is 0 Å². The van der Waals surface area contributed by atoms with E-state index in [1.807, 2.05) is 72.8 Å². The molecule has 1 aliphatic carbocycles. The Labute approximate surface area is 187 Å². The lowest BCUT2D eigenvalue weighted by Gasteiger charge is -2.33. The van der Waals surface area contributed by atoms with E-state index in [1.54, 1.807) is 38.5 Å². The van der Waals surface area contributed by atoms with Crippen molar-refractivity contribution in [1.29, 1.82) is 0 Å². The number of Topliss-reactive ketones (excluding diaryl/α,β-unsaturated/α-hetero) is 2. The maximum Gasteiger partial charge on any atom is 0.229 e. The fraction of sp³-hybridized carbons (Fsp3) is 0.143. The number of benzene rings is 3. The number of methoxy groups -OCH3 is 2. The van der Waals surface area contributed by atoms with Crippen LogP contribution in [-0.4, -0.2) is 25.8 Å². The molecule has 4 rings (SSSR count). The Balaban J connectivity index is 1.77. The molecule has 0 spiro atoms. The van der Waals surface area contributed by atoms with Gasteiger partial charge in [0.15, 0.2) is 0 Å². The first-order chi connectivity index (χ1) is 15.6. The Hall–Kier alpha value is -3.92. The van der Waals surface area contributed by atoms with Crippen molar-refractivity contribution in [3.63, 3.8) is 0 Å². The molecule has 3 aromatic carbocycles. The highest BCUT2D eigenvalue weighted by atomic mass is 16.5.